The first-order valence-electron chi connectivity index (χ1n) is 3.82. The van der Waals surface area contributed by atoms with Crippen molar-refractivity contribution in [1.29, 1.82) is 0 Å². The van der Waals surface area contributed by atoms with Crippen molar-refractivity contribution in [3.8, 4) is 0 Å². The zero-order valence-electron chi connectivity index (χ0n) is 7.23. The summed E-state index contributed by atoms with van der Waals surface area (Å²) in [5.41, 5.74) is 1.93. The number of aryl methyl sites for hydroxylation is 1. The van der Waals surface area contributed by atoms with Crippen LogP contribution >= 0.6 is 0 Å². The summed E-state index contributed by atoms with van der Waals surface area (Å²) in [6, 6.07) is 7.58. The molecule has 0 unspecified atom stereocenters. The molecular formula is C9H10N2O2. The molecule has 1 aromatic carbocycles. The minimum absolute atomic E-state index is 0.509. The van der Waals surface area contributed by atoms with Gasteiger partial charge < -0.3 is 5.32 Å². The van der Waals surface area contributed by atoms with Gasteiger partial charge in [-0.25, -0.2) is 0 Å². The lowest BCUT2D eigenvalue weighted by molar-refractivity contribution is -0.402. The number of nitrogens with one attached hydrogen (secondary N) is 1. The Labute approximate surface area is 76.0 Å². The van der Waals surface area contributed by atoms with Gasteiger partial charge in [-0.1, -0.05) is 18.2 Å². The summed E-state index contributed by atoms with van der Waals surface area (Å²) in [4.78, 5) is 9.44. The van der Waals surface area contributed by atoms with Crippen LogP contribution in [0.3, 0.4) is 0 Å². The monoisotopic (exact) mass is 178 g/mol. The largest absolute Gasteiger partial charge is 0.356 e. The Balaban J connectivity index is 2.64. The highest BCUT2D eigenvalue weighted by atomic mass is 16.6. The third kappa shape index (κ3) is 2.94. The van der Waals surface area contributed by atoms with E-state index in [1.165, 1.54) is 6.20 Å². The quantitative estimate of drug-likeness (QED) is 0.570. The molecule has 1 aromatic rings. The standard InChI is InChI=1S/C9H10N2O2/c1-8-4-2-3-5-9(8)10-6-7-11(12)13/h2-7,10H,1H3/b7-6+. The zero-order chi connectivity index (χ0) is 9.68. The van der Waals surface area contributed by atoms with Crippen molar-refractivity contribution in [3.63, 3.8) is 0 Å². The Kier molecular flexibility index (Phi) is 3.03. The first-order valence-corrected chi connectivity index (χ1v) is 3.82. The lowest BCUT2D eigenvalue weighted by Crippen LogP contribution is -1.92. The Hall–Kier alpha value is -1.84. The molecule has 0 spiro atoms. The molecule has 1 N–H and O–H groups in total. The van der Waals surface area contributed by atoms with E-state index < -0.39 is 4.92 Å². The highest BCUT2D eigenvalue weighted by Gasteiger charge is 1.92. The molecule has 4 heteroatoms. The second kappa shape index (κ2) is 4.25. The van der Waals surface area contributed by atoms with Gasteiger partial charge in [-0.05, 0) is 18.6 Å². The Bertz CT molecular complexity index is 334. The molecule has 0 aliphatic heterocycles. The summed E-state index contributed by atoms with van der Waals surface area (Å²) < 4.78 is 0. The van der Waals surface area contributed by atoms with Crippen LogP contribution in [-0.4, -0.2) is 4.92 Å². The van der Waals surface area contributed by atoms with E-state index in [1.54, 1.807) is 0 Å². The number of para-hydroxylation sites is 1. The molecule has 0 aromatic heterocycles. The van der Waals surface area contributed by atoms with Crippen molar-refractivity contribution in [2.24, 2.45) is 0 Å². The summed E-state index contributed by atoms with van der Waals surface area (Å²) in [7, 11) is 0. The van der Waals surface area contributed by atoms with Crippen LogP contribution in [0.4, 0.5) is 5.69 Å². The molecule has 0 aliphatic carbocycles. The third-order valence-electron chi connectivity index (χ3n) is 1.58. The minimum atomic E-state index is -0.509. The Morgan fingerprint density at radius 1 is 1.46 bits per heavy atom. The second-order valence-electron chi connectivity index (χ2n) is 2.56. The van der Waals surface area contributed by atoms with Crippen LogP contribution in [0, 0.1) is 17.0 Å². The van der Waals surface area contributed by atoms with Crippen LogP contribution in [0.15, 0.2) is 36.7 Å². The molecule has 0 heterocycles. The fourth-order valence-electron chi connectivity index (χ4n) is 0.923. The van der Waals surface area contributed by atoms with Gasteiger partial charge in [0, 0.05) is 5.69 Å². The van der Waals surface area contributed by atoms with E-state index in [2.05, 4.69) is 5.32 Å². The van der Waals surface area contributed by atoms with Gasteiger partial charge in [-0.3, -0.25) is 10.1 Å². The molecule has 0 atom stereocenters. The molecule has 68 valence electrons. The second-order valence-corrected chi connectivity index (χ2v) is 2.56. The number of anilines is 1. The molecule has 4 nitrogen and oxygen atoms in total. The van der Waals surface area contributed by atoms with E-state index in [1.807, 2.05) is 31.2 Å². The summed E-state index contributed by atoms with van der Waals surface area (Å²) in [6.45, 7) is 1.93. The smallest absolute Gasteiger partial charge is 0.250 e. The van der Waals surface area contributed by atoms with Gasteiger partial charge in [-0.15, -0.1) is 0 Å². The van der Waals surface area contributed by atoms with Crippen molar-refractivity contribution in [2.75, 3.05) is 5.32 Å². The minimum Gasteiger partial charge on any atom is -0.356 e. The van der Waals surface area contributed by atoms with Gasteiger partial charge >= 0.3 is 0 Å². The summed E-state index contributed by atoms with van der Waals surface area (Å²) in [5, 5.41) is 12.8. The Morgan fingerprint density at radius 3 is 2.77 bits per heavy atom. The van der Waals surface area contributed by atoms with Crippen LogP contribution in [0.2, 0.25) is 0 Å². The van der Waals surface area contributed by atoms with Crippen LogP contribution in [0.5, 0.6) is 0 Å². The average Bonchev–Trinajstić information content (AvgIpc) is 2.08. The van der Waals surface area contributed by atoms with Gasteiger partial charge in [0.1, 0.15) is 0 Å². The molecule has 0 bridgehead atoms. The normalized spacial score (nSPS) is 10.2. The molecule has 0 saturated heterocycles. The average molecular weight is 178 g/mol. The number of rotatable bonds is 3. The molecule has 0 amide bonds. The predicted molar refractivity (Wildman–Crippen MR) is 50.9 cm³/mol. The van der Waals surface area contributed by atoms with Crippen LogP contribution in [-0.2, 0) is 0 Å². The van der Waals surface area contributed by atoms with Crippen molar-refractivity contribution >= 4 is 5.69 Å². The molecule has 0 saturated carbocycles. The van der Waals surface area contributed by atoms with Crippen molar-refractivity contribution < 1.29 is 4.92 Å². The number of benzene rings is 1. The summed E-state index contributed by atoms with van der Waals surface area (Å²) in [6.07, 6.45) is 2.18. The van der Waals surface area contributed by atoms with Crippen LogP contribution in [0.1, 0.15) is 5.56 Å². The lowest BCUT2D eigenvalue weighted by Gasteiger charge is -2.02. The van der Waals surface area contributed by atoms with Crippen molar-refractivity contribution in [3.05, 3.63) is 52.3 Å². The molecule has 0 fully saturated rings. The summed E-state index contributed by atoms with van der Waals surface area (Å²) >= 11 is 0. The predicted octanol–water partition coefficient (Wildman–Crippen LogP) is 2.15. The zero-order valence-corrected chi connectivity index (χ0v) is 7.23. The van der Waals surface area contributed by atoms with Gasteiger partial charge in [0.2, 0.25) is 6.20 Å². The lowest BCUT2D eigenvalue weighted by atomic mass is 10.2. The maximum Gasteiger partial charge on any atom is 0.250 e. The third-order valence-corrected chi connectivity index (χ3v) is 1.58. The molecule has 1 rings (SSSR count). The SMILES string of the molecule is Cc1ccccc1N/C=C/[N+](=O)[O-]. The number of nitro groups is 1. The fourth-order valence-corrected chi connectivity index (χ4v) is 0.923. The van der Waals surface area contributed by atoms with Crippen molar-refractivity contribution in [2.45, 2.75) is 6.92 Å². The molecule has 0 aliphatic rings. The van der Waals surface area contributed by atoms with E-state index in [0.29, 0.717) is 0 Å². The topological polar surface area (TPSA) is 55.2 Å². The first-order chi connectivity index (χ1) is 6.20. The number of hydrogen-bond donors (Lipinski definition) is 1. The first kappa shape index (κ1) is 9.25. The highest BCUT2D eigenvalue weighted by Crippen LogP contribution is 2.12. The molecule has 0 radical (unpaired) electrons. The van der Waals surface area contributed by atoms with E-state index in [0.717, 1.165) is 17.5 Å². The van der Waals surface area contributed by atoms with E-state index in [4.69, 9.17) is 0 Å². The van der Waals surface area contributed by atoms with Gasteiger partial charge in [0.15, 0.2) is 0 Å². The highest BCUT2D eigenvalue weighted by molar-refractivity contribution is 5.51. The van der Waals surface area contributed by atoms with Gasteiger partial charge in [0.25, 0.3) is 0 Å². The maximum absolute atomic E-state index is 9.95. The van der Waals surface area contributed by atoms with Gasteiger partial charge in [0.05, 0.1) is 11.1 Å². The van der Waals surface area contributed by atoms with Crippen LogP contribution < -0.4 is 5.32 Å². The van der Waals surface area contributed by atoms with Crippen molar-refractivity contribution in [1.82, 2.24) is 0 Å². The maximum atomic E-state index is 9.95. The van der Waals surface area contributed by atoms with E-state index in [9.17, 15) is 10.1 Å². The molecular weight excluding hydrogens is 168 g/mol. The summed E-state index contributed by atoms with van der Waals surface area (Å²) in [5.74, 6) is 0. The fraction of sp³-hybridized carbons (Fsp3) is 0.111. The van der Waals surface area contributed by atoms with E-state index >= 15 is 0 Å². The molecule has 13 heavy (non-hydrogen) atoms. The van der Waals surface area contributed by atoms with Crippen LogP contribution in [0.25, 0.3) is 0 Å². The number of nitrogens with zero attached hydrogens (tertiary/aromatic N) is 1. The van der Waals surface area contributed by atoms with E-state index in [-0.39, 0.29) is 0 Å². The van der Waals surface area contributed by atoms with Gasteiger partial charge in [-0.2, -0.15) is 0 Å². The number of hydrogen-bond acceptors (Lipinski definition) is 3. The Morgan fingerprint density at radius 2 is 2.15 bits per heavy atom.